The van der Waals surface area contributed by atoms with Crippen molar-refractivity contribution in [2.75, 3.05) is 0 Å². The summed E-state index contributed by atoms with van der Waals surface area (Å²) in [5.41, 5.74) is 12.4. The van der Waals surface area contributed by atoms with Crippen molar-refractivity contribution in [1.82, 2.24) is 0 Å². The van der Waals surface area contributed by atoms with E-state index in [1.165, 1.54) is 16.7 Å². The molecule has 0 heterocycles. The third kappa shape index (κ3) is 12.0. The predicted molar refractivity (Wildman–Crippen MR) is 97.3 cm³/mol. The van der Waals surface area contributed by atoms with E-state index in [2.05, 4.69) is 46.9 Å². The van der Waals surface area contributed by atoms with Crippen LogP contribution in [0.3, 0.4) is 0 Å². The Morgan fingerprint density at radius 3 is 1.72 bits per heavy atom. The van der Waals surface area contributed by atoms with E-state index in [9.17, 15) is 4.79 Å². The van der Waals surface area contributed by atoms with Crippen LogP contribution in [-0.4, -0.2) is 15.4 Å². The number of halogens is 2. The van der Waals surface area contributed by atoms with Gasteiger partial charge in [-0.3, -0.25) is 6.08 Å². The average molecular weight is 476 g/mol. The Kier molecular flexibility index (Phi) is 22.5. The van der Waals surface area contributed by atoms with Gasteiger partial charge in [-0.25, -0.2) is 5.57 Å². The second kappa shape index (κ2) is 17.3. The molecule has 0 spiro atoms. The molecule has 1 N–H and O–H groups in total. The summed E-state index contributed by atoms with van der Waals surface area (Å²) in [6.07, 6.45) is 3.36. The molecule has 1 amide bonds. The Bertz CT molecular complexity index is 574. The first-order valence-electron chi connectivity index (χ1n) is 7.44. The number of aryl methyl sites for hydroxylation is 1. The minimum atomic E-state index is -0.613. The number of amides is 1. The number of hydrogen-bond acceptors (Lipinski definition) is 1. The third-order valence-corrected chi connectivity index (χ3v) is 3.63. The number of carbonyl (C=O) groups is 1. The van der Waals surface area contributed by atoms with Crippen LogP contribution in [0.4, 0.5) is 0 Å². The third-order valence-electron chi connectivity index (χ3n) is 3.63. The molecule has 25 heavy (non-hydrogen) atoms. The molecule has 0 aromatic heterocycles. The molecule has 2 nitrogen and oxygen atoms in total. The largest absolute Gasteiger partial charge is 4.00 e. The van der Waals surface area contributed by atoms with Gasteiger partial charge in [-0.05, 0) is 12.5 Å². The van der Waals surface area contributed by atoms with Gasteiger partial charge >= 0.3 is 26.2 Å². The number of allylic oxidation sites excluding steroid dienone is 4. The number of benzene rings is 1. The van der Waals surface area contributed by atoms with Crippen molar-refractivity contribution in [3.05, 3.63) is 63.9 Å². The fourth-order valence-electron chi connectivity index (χ4n) is 1.99. The molecule has 0 saturated heterocycles. The van der Waals surface area contributed by atoms with Crippen LogP contribution in [0, 0.1) is 18.9 Å². The van der Waals surface area contributed by atoms with Crippen LogP contribution in [0.5, 0.6) is 0 Å². The molecule has 0 saturated carbocycles. The molecular weight excluding hydrogens is 448 g/mol. The Hall–Kier alpha value is -0.150. The smallest absolute Gasteiger partial charge is 1.00 e. The van der Waals surface area contributed by atoms with E-state index in [1.807, 2.05) is 19.1 Å². The molecule has 2 rings (SSSR count). The maximum absolute atomic E-state index is 10.5. The summed E-state index contributed by atoms with van der Waals surface area (Å²) in [7, 11) is 1.08. The van der Waals surface area contributed by atoms with Crippen molar-refractivity contribution >= 4 is 15.4 Å². The Labute approximate surface area is 187 Å². The average Bonchev–Trinajstić information content (AvgIpc) is 2.67. The van der Waals surface area contributed by atoms with E-state index in [1.54, 1.807) is 12.1 Å². The van der Waals surface area contributed by atoms with E-state index in [4.69, 9.17) is 5.73 Å². The second-order valence-electron chi connectivity index (χ2n) is 5.44. The van der Waals surface area contributed by atoms with Gasteiger partial charge in [-0.1, -0.05) is 64.0 Å². The van der Waals surface area contributed by atoms with Crippen molar-refractivity contribution in [3.8, 4) is 0 Å². The molecule has 1 aliphatic carbocycles. The van der Waals surface area contributed by atoms with Gasteiger partial charge in [-0.2, -0.15) is 11.1 Å². The Morgan fingerprint density at radius 2 is 1.52 bits per heavy atom. The second-order valence-corrected chi connectivity index (χ2v) is 6.44. The zero-order valence-corrected chi connectivity index (χ0v) is 21.0. The van der Waals surface area contributed by atoms with Gasteiger partial charge in [0.1, 0.15) is 0 Å². The minimum absolute atomic E-state index is 0. The zero-order chi connectivity index (χ0) is 17.3. The molecule has 1 atom stereocenters. The summed E-state index contributed by atoms with van der Waals surface area (Å²) in [6, 6.07) is 7.09. The zero-order valence-electron chi connectivity index (χ0n) is 16.1. The first-order valence-corrected chi connectivity index (χ1v) is 9.44. The van der Waals surface area contributed by atoms with Crippen LogP contribution in [0.2, 0.25) is 13.1 Å². The van der Waals surface area contributed by atoms with Crippen molar-refractivity contribution < 1.29 is 55.8 Å². The summed E-state index contributed by atoms with van der Waals surface area (Å²) in [4.78, 5) is 10.5. The van der Waals surface area contributed by atoms with Crippen LogP contribution in [0.1, 0.15) is 43.6 Å². The number of nitrogens with one attached hydrogen (secondary N) is 1. The first kappa shape index (κ1) is 32.5. The van der Waals surface area contributed by atoms with Gasteiger partial charge in [0, 0.05) is 15.1 Å². The summed E-state index contributed by atoms with van der Waals surface area (Å²) in [6.45, 7) is 14.8. The van der Waals surface area contributed by atoms with Gasteiger partial charge in [0.25, 0.3) is 0 Å². The van der Waals surface area contributed by atoms with E-state index in [0.29, 0.717) is 11.5 Å². The van der Waals surface area contributed by atoms with Gasteiger partial charge in [0.2, 0.25) is 0 Å². The summed E-state index contributed by atoms with van der Waals surface area (Å²) < 4.78 is 0. The molecule has 1 unspecified atom stereocenters. The molecule has 2 radical (unpaired) electrons. The van der Waals surface area contributed by atoms with Gasteiger partial charge in [0.05, 0.1) is 5.91 Å². The molecule has 0 fully saturated rings. The quantitative estimate of drug-likeness (QED) is 0.406. The van der Waals surface area contributed by atoms with Crippen molar-refractivity contribution in [2.24, 2.45) is 5.92 Å². The van der Waals surface area contributed by atoms with E-state index >= 15 is 0 Å². The topological polar surface area (TPSA) is 40.9 Å². The fraction of sp³-hybridized carbons (Fsp3) is 0.421. The SMILES string of the molecule is CC1=[C-]C(C)C(C)=C1C.C[Si]C.Cc1ccccc1C([NH-])=O.[Cl-].[Cl-].[Zr+4]. The van der Waals surface area contributed by atoms with Gasteiger partial charge in [0.15, 0.2) is 0 Å². The standard InChI is InChI=1S/C9H13.C8H9NO.C2H6Si.2ClH.Zr/c1-6-5-7(2)9(4)8(6)3;1-6-4-2-3-5-7(6)8(9)10;1-3-2;;;/h6H,1-4H3;2-5H,1H3,(H2,9,10);1-2H3;2*1H;/q-1;;;;;+4/p-3. The van der Waals surface area contributed by atoms with Crippen molar-refractivity contribution in [2.45, 2.75) is 47.7 Å². The summed E-state index contributed by atoms with van der Waals surface area (Å²) in [5, 5.41) is 0. The van der Waals surface area contributed by atoms with Gasteiger partial charge in [-0.15, -0.1) is 6.92 Å². The van der Waals surface area contributed by atoms with Crippen LogP contribution < -0.4 is 24.8 Å². The molecule has 1 aromatic rings. The van der Waals surface area contributed by atoms with E-state index in [-0.39, 0.29) is 51.0 Å². The van der Waals surface area contributed by atoms with Gasteiger partial charge < -0.3 is 35.3 Å². The molecule has 6 heteroatoms. The van der Waals surface area contributed by atoms with E-state index in [0.717, 1.165) is 15.1 Å². The minimum Gasteiger partial charge on any atom is -1.00 e. The van der Waals surface area contributed by atoms with Crippen LogP contribution in [0.25, 0.3) is 5.73 Å². The summed E-state index contributed by atoms with van der Waals surface area (Å²) >= 11 is 0. The Balaban J connectivity index is -0.000000139. The number of carbonyl (C=O) groups excluding carboxylic acids is 1. The maximum atomic E-state index is 10.5. The Morgan fingerprint density at radius 1 is 1.08 bits per heavy atom. The molecule has 0 aliphatic heterocycles. The van der Waals surface area contributed by atoms with Crippen molar-refractivity contribution in [3.63, 3.8) is 0 Å². The maximum Gasteiger partial charge on any atom is 4.00 e. The normalized spacial score (nSPS) is 14.2. The summed E-state index contributed by atoms with van der Waals surface area (Å²) in [5.74, 6) is -0.0527. The number of rotatable bonds is 1. The van der Waals surface area contributed by atoms with Crippen LogP contribution >= 0.6 is 0 Å². The molecule has 0 bridgehead atoms. The molecule has 1 aromatic carbocycles. The number of hydrogen-bond donors (Lipinski definition) is 0. The predicted octanol–water partition coefficient (Wildman–Crippen LogP) is -0.298. The molecule has 136 valence electrons. The molecule has 1 aliphatic rings. The monoisotopic (exact) mass is 473 g/mol. The fourth-order valence-corrected chi connectivity index (χ4v) is 1.99. The van der Waals surface area contributed by atoms with Crippen LogP contribution in [0.15, 0.2) is 41.0 Å². The van der Waals surface area contributed by atoms with Crippen molar-refractivity contribution in [1.29, 1.82) is 0 Å². The van der Waals surface area contributed by atoms with E-state index < -0.39 is 5.91 Å². The molecular formula is C19H27Cl2NOSiZr. The van der Waals surface area contributed by atoms with Crippen LogP contribution in [-0.2, 0) is 26.2 Å². The first-order chi connectivity index (χ1) is 10.3.